The maximum Gasteiger partial charge on any atom is 0.229 e. The monoisotopic (exact) mass is 331 g/mol. The van der Waals surface area contributed by atoms with E-state index >= 15 is 0 Å². The van der Waals surface area contributed by atoms with Crippen molar-refractivity contribution >= 4 is 39.0 Å². The molecule has 0 radical (unpaired) electrons. The lowest BCUT2D eigenvalue weighted by Crippen LogP contribution is -2.28. The first-order valence-corrected chi connectivity index (χ1v) is 8.52. The van der Waals surface area contributed by atoms with Crippen molar-refractivity contribution in [1.29, 1.82) is 0 Å². The lowest BCUT2D eigenvalue weighted by atomic mass is 9.93. The van der Waals surface area contributed by atoms with Crippen molar-refractivity contribution < 1.29 is 9.63 Å². The zero-order valence-electron chi connectivity index (χ0n) is 12.4. The highest BCUT2D eigenvalue weighted by Gasteiger charge is 2.21. The standard InChI is InChI=1S/C15H17N5O2S/c21-11-3-1-9(2-4-11)17-14-13-12(5-6-23-13)19-15(20-14)18-10-7-16-22-8-10/h5-9,11,21H,1-4H2,(H2,17,18,19,20)/t9-,11-. The molecule has 4 rings (SSSR count). The van der Waals surface area contributed by atoms with Crippen LogP contribution in [0.3, 0.4) is 0 Å². The number of thiophene rings is 1. The van der Waals surface area contributed by atoms with Gasteiger partial charge < -0.3 is 20.3 Å². The summed E-state index contributed by atoms with van der Waals surface area (Å²) in [6.07, 6.45) is 6.50. The van der Waals surface area contributed by atoms with Crippen LogP contribution in [0.25, 0.3) is 10.2 Å². The number of anilines is 3. The molecule has 120 valence electrons. The second kappa shape index (κ2) is 6.13. The van der Waals surface area contributed by atoms with Crippen LogP contribution in [-0.2, 0) is 0 Å². The molecule has 3 aromatic rings. The van der Waals surface area contributed by atoms with Gasteiger partial charge in [-0.2, -0.15) is 4.98 Å². The maximum atomic E-state index is 9.64. The largest absolute Gasteiger partial charge is 0.393 e. The summed E-state index contributed by atoms with van der Waals surface area (Å²) < 4.78 is 5.86. The smallest absolute Gasteiger partial charge is 0.229 e. The van der Waals surface area contributed by atoms with Gasteiger partial charge in [0.2, 0.25) is 5.95 Å². The molecule has 0 aliphatic heterocycles. The predicted octanol–water partition coefficient (Wildman–Crippen LogP) is 3.14. The Kier molecular flexibility index (Phi) is 3.84. The van der Waals surface area contributed by atoms with Crippen molar-refractivity contribution in [2.24, 2.45) is 0 Å². The number of nitrogens with zero attached hydrogens (tertiary/aromatic N) is 3. The number of fused-ring (bicyclic) bond motifs is 1. The molecule has 0 atom stereocenters. The van der Waals surface area contributed by atoms with E-state index in [2.05, 4.69) is 25.8 Å². The fraction of sp³-hybridized carbons (Fsp3) is 0.400. The van der Waals surface area contributed by atoms with Crippen LogP contribution >= 0.6 is 11.3 Å². The van der Waals surface area contributed by atoms with Crippen LogP contribution < -0.4 is 10.6 Å². The molecule has 7 nitrogen and oxygen atoms in total. The summed E-state index contributed by atoms with van der Waals surface area (Å²) in [5.74, 6) is 1.35. The lowest BCUT2D eigenvalue weighted by Gasteiger charge is -2.26. The van der Waals surface area contributed by atoms with Gasteiger partial charge in [0.25, 0.3) is 0 Å². The van der Waals surface area contributed by atoms with Gasteiger partial charge in [0.1, 0.15) is 17.8 Å². The van der Waals surface area contributed by atoms with Crippen LogP contribution in [0.2, 0.25) is 0 Å². The Hall–Kier alpha value is -2.19. The number of nitrogens with one attached hydrogen (secondary N) is 2. The summed E-state index contributed by atoms with van der Waals surface area (Å²) in [6.45, 7) is 0. The third-order valence-corrected chi connectivity index (χ3v) is 4.94. The number of aliphatic hydroxyl groups is 1. The average molecular weight is 331 g/mol. The number of rotatable bonds is 4. The van der Waals surface area contributed by atoms with Crippen LogP contribution in [-0.4, -0.2) is 32.4 Å². The van der Waals surface area contributed by atoms with Crippen molar-refractivity contribution in [2.45, 2.75) is 37.8 Å². The number of hydrogen-bond acceptors (Lipinski definition) is 8. The van der Waals surface area contributed by atoms with E-state index in [0.717, 1.165) is 41.7 Å². The predicted molar refractivity (Wildman–Crippen MR) is 89.1 cm³/mol. The summed E-state index contributed by atoms with van der Waals surface area (Å²) in [5, 5.41) is 21.9. The Morgan fingerprint density at radius 3 is 2.87 bits per heavy atom. The second-order valence-electron chi connectivity index (χ2n) is 5.72. The maximum absolute atomic E-state index is 9.64. The molecule has 8 heteroatoms. The Morgan fingerprint density at radius 2 is 2.09 bits per heavy atom. The fourth-order valence-corrected chi connectivity index (χ4v) is 3.61. The quantitative estimate of drug-likeness (QED) is 0.676. The van der Waals surface area contributed by atoms with Gasteiger partial charge in [0.05, 0.1) is 22.5 Å². The van der Waals surface area contributed by atoms with Gasteiger partial charge in [-0.15, -0.1) is 11.3 Å². The average Bonchev–Trinajstić information content (AvgIpc) is 3.21. The van der Waals surface area contributed by atoms with Gasteiger partial charge in [-0.3, -0.25) is 0 Å². The minimum absolute atomic E-state index is 0.161. The molecule has 0 spiro atoms. The molecule has 3 aromatic heterocycles. The van der Waals surface area contributed by atoms with E-state index in [0.29, 0.717) is 17.7 Å². The second-order valence-corrected chi connectivity index (χ2v) is 6.63. The van der Waals surface area contributed by atoms with E-state index < -0.39 is 0 Å². The first kappa shape index (κ1) is 14.4. The van der Waals surface area contributed by atoms with Crippen LogP contribution in [0, 0.1) is 0 Å². The van der Waals surface area contributed by atoms with Gasteiger partial charge in [-0.05, 0) is 37.1 Å². The molecule has 1 aliphatic rings. The van der Waals surface area contributed by atoms with Crippen LogP contribution in [0.15, 0.2) is 28.4 Å². The van der Waals surface area contributed by atoms with Gasteiger partial charge in [0.15, 0.2) is 0 Å². The molecule has 0 saturated heterocycles. The Bertz CT molecular complexity index is 780. The van der Waals surface area contributed by atoms with E-state index in [1.807, 2.05) is 11.4 Å². The van der Waals surface area contributed by atoms with Crippen molar-refractivity contribution in [1.82, 2.24) is 15.1 Å². The molecule has 0 aromatic carbocycles. The van der Waals surface area contributed by atoms with Crippen LogP contribution in [0.1, 0.15) is 25.7 Å². The van der Waals surface area contributed by atoms with Crippen LogP contribution in [0.5, 0.6) is 0 Å². The van der Waals surface area contributed by atoms with Crippen molar-refractivity contribution in [2.75, 3.05) is 10.6 Å². The summed E-state index contributed by atoms with van der Waals surface area (Å²) in [7, 11) is 0. The van der Waals surface area contributed by atoms with Crippen molar-refractivity contribution in [3.8, 4) is 0 Å². The third kappa shape index (κ3) is 3.13. The van der Waals surface area contributed by atoms with Gasteiger partial charge in [-0.25, -0.2) is 4.98 Å². The van der Waals surface area contributed by atoms with Crippen LogP contribution in [0.4, 0.5) is 17.5 Å². The number of hydrogen-bond donors (Lipinski definition) is 3. The molecular weight excluding hydrogens is 314 g/mol. The lowest BCUT2D eigenvalue weighted by molar-refractivity contribution is 0.126. The molecule has 1 saturated carbocycles. The topological polar surface area (TPSA) is 96.1 Å². The molecule has 3 heterocycles. The highest BCUT2D eigenvalue weighted by molar-refractivity contribution is 7.17. The van der Waals surface area contributed by atoms with Gasteiger partial charge in [-0.1, -0.05) is 5.16 Å². The zero-order chi connectivity index (χ0) is 15.6. The number of aromatic nitrogens is 3. The van der Waals surface area contributed by atoms with E-state index in [-0.39, 0.29) is 6.10 Å². The summed E-state index contributed by atoms with van der Waals surface area (Å²) in [5.41, 5.74) is 1.62. The summed E-state index contributed by atoms with van der Waals surface area (Å²) in [6, 6.07) is 2.32. The van der Waals surface area contributed by atoms with E-state index in [1.54, 1.807) is 17.5 Å². The SMILES string of the molecule is O[C@H]1CC[C@H](Nc2nc(Nc3cnoc3)nc3ccsc23)CC1. The zero-order valence-corrected chi connectivity index (χ0v) is 13.2. The fourth-order valence-electron chi connectivity index (χ4n) is 2.83. The third-order valence-electron chi connectivity index (χ3n) is 4.03. The minimum atomic E-state index is -0.161. The molecule has 0 unspecified atom stereocenters. The van der Waals surface area contributed by atoms with E-state index in [1.165, 1.54) is 6.26 Å². The molecule has 1 aliphatic carbocycles. The van der Waals surface area contributed by atoms with Gasteiger partial charge >= 0.3 is 0 Å². The molecule has 0 amide bonds. The van der Waals surface area contributed by atoms with E-state index in [4.69, 9.17) is 4.52 Å². The number of aliphatic hydroxyl groups excluding tert-OH is 1. The Labute approximate surface area is 136 Å². The molecule has 0 bridgehead atoms. The highest BCUT2D eigenvalue weighted by atomic mass is 32.1. The Morgan fingerprint density at radius 1 is 1.22 bits per heavy atom. The molecule has 23 heavy (non-hydrogen) atoms. The minimum Gasteiger partial charge on any atom is -0.393 e. The molecule has 3 N–H and O–H groups in total. The van der Waals surface area contributed by atoms with Crippen molar-refractivity contribution in [3.05, 3.63) is 23.9 Å². The van der Waals surface area contributed by atoms with E-state index in [9.17, 15) is 5.11 Å². The highest BCUT2D eigenvalue weighted by Crippen LogP contribution is 2.30. The molecule has 1 fully saturated rings. The Balaban J connectivity index is 1.60. The summed E-state index contributed by atoms with van der Waals surface area (Å²) >= 11 is 1.62. The van der Waals surface area contributed by atoms with Crippen molar-refractivity contribution in [3.63, 3.8) is 0 Å². The molecular formula is C15H17N5O2S. The first-order valence-electron chi connectivity index (χ1n) is 7.64. The van der Waals surface area contributed by atoms with Gasteiger partial charge in [0, 0.05) is 6.04 Å². The summed E-state index contributed by atoms with van der Waals surface area (Å²) in [4.78, 5) is 9.12. The first-order chi connectivity index (χ1) is 11.3. The normalized spacial score (nSPS) is 21.4.